The summed E-state index contributed by atoms with van der Waals surface area (Å²) in [6.45, 7) is 7.23. The fourth-order valence-electron chi connectivity index (χ4n) is 3.98. The Hall–Kier alpha value is -2.57. The Labute approximate surface area is 180 Å². The number of unbranched alkanes of at least 4 members (excludes halogenated alkanes) is 1. The first kappa shape index (κ1) is 20.7. The third-order valence-electron chi connectivity index (χ3n) is 5.74. The molecule has 30 heavy (non-hydrogen) atoms. The molecule has 0 amide bonds. The van der Waals surface area contributed by atoms with Gasteiger partial charge >= 0.3 is 5.76 Å². The molecule has 1 aliphatic heterocycles. The van der Waals surface area contributed by atoms with Gasteiger partial charge in [0.25, 0.3) is 0 Å². The predicted molar refractivity (Wildman–Crippen MR) is 120 cm³/mol. The van der Waals surface area contributed by atoms with E-state index >= 15 is 0 Å². The molecule has 1 aromatic heterocycles. The highest BCUT2D eigenvalue weighted by molar-refractivity contribution is 6.30. The van der Waals surface area contributed by atoms with E-state index in [1.807, 2.05) is 12.1 Å². The summed E-state index contributed by atoms with van der Waals surface area (Å²) in [5, 5.41) is 0.765. The van der Waals surface area contributed by atoms with E-state index in [-0.39, 0.29) is 11.5 Å². The van der Waals surface area contributed by atoms with Crippen molar-refractivity contribution in [1.29, 1.82) is 0 Å². The number of halogens is 1. The quantitative estimate of drug-likeness (QED) is 0.420. The number of benzene rings is 2. The molecule has 0 radical (unpaired) electrons. The van der Waals surface area contributed by atoms with Crippen LogP contribution in [-0.2, 0) is 6.54 Å². The number of carbonyl (C=O) groups is 1. The molecule has 0 unspecified atom stereocenters. The van der Waals surface area contributed by atoms with Gasteiger partial charge in [0.15, 0.2) is 11.4 Å². The van der Waals surface area contributed by atoms with Crippen LogP contribution in [0.3, 0.4) is 0 Å². The van der Waals surface area contributed by atoms with Crippen molar-refractivity contribution in [2.24, 2.45) is 0 Å². The first-order valence-electron chi connectivity index (χ1n) is 10.4. The Morgan fingerprint density at radius 3 is 2.40 bits per heavy atom. The van der Waals surface area contributed by atoms with Gasteiger partial charge in [-0.05, 0) is 68.8 Å². The number of carbonyl (C=O) groups excluding carboxylic acids is 1. The fraction of sp³-hybridized carbons (Fsp3) is 0.391. The molecule has 7 heteroatoms. The van der Waals surface area contributed by atoms with Crippen molar-refractivity contribution in [2.45, 2.75) is 26.3 Å². The summed E-state index contributed by atoms with van der Waals surface area (Å²) in [5.74, 6) is -0.397. The van der Waals surface area contributed by atoms with Gasteiger partial charge in [0.2, 0.25) is 0 Å². The Morgan fingerprint density at radius 2 is 1.70 bits per heavy atom. The van der Waals surface area contributed by atoms with Crippen molar-refractivity contribution in [3.63, 3.8) is 0 Å². The highest BCUT2D eigenvalue weighted by Crippen LogP contribution is 2.20. The third kappa shape index (κ3) is 4.60. The van der Waals surface area contributed by atoms with E-state index in [0.29, 0.717) is 17.7 Å². The number of Topliss-reactive ketones (excluding diaryl/α,β-unsaturated/α-hetero) is 1. The van der Waals surface area contributed by atoms with Crippen LogP contribution >= 0.6 is 11.6 Å². The van der Waals surface area contributed by atoms with Crippen molar-refractivity contribution in [1.82, 2.24) is 9.47 Å². The zero-order chi connectivity index (χ0) is 21.1. The van der Waals surface area contributed by atoms with E-state index in [4.69, 9.17) is 16.0 Å². The number of hydrogen-bond donors (Lipinski definition) is 0. The topological polar surface area (TPSA) is 58.7 Å². The van der Waals surface area contributed by atoms with E-state index in [2.05, 4.69) is 21.9 Å². The molecular formula is C23H26ClN3O3. The summed E-state index contributed by atoms with van der Waals surface area (Å²) in [6, 6.07) is 13.2. The first-order valence-corrected chi connectivity index (χ1v) is 10.8. The number of aryl methyl sites for hydroxylation is 1. The van der Waals surface area contributed by atoms with E-state index in [1.165, 1.54) is 12.6 Å². The Kier molecular flexibility index (Phi) is 6.25. The monoisotopic (exact) mass is 427 g/mol. The summed E-state index contributed by atoms with van der Waals surface area (Å²) in [6.07, 6.45) is 1.92. The lowest BCUT2D eigenvalue weighted by Gasteiger charge is -2.36. The van der Waals surface area contributed by atoms with Crippen molar-refractivity contribution >= 4 is 34.2 Å². The number of nitrogens with zero attached hydrogens (tertiary/aromatic N) is 3. The Balaban J connectivity index is 1.26. The third-order valence-corrected chi connectivity index (χ3v) is 6.00. The van der Waals surface area contributed by atoms with Gasteiger partial charge in [0.05, 0.1) is 5.52 Å². The minimum absolute atomic E-state index is 0.0385. The van der Waals surface area contributed by atoms with Crippen LogP contribution in [0, 0.1) is 0 Å². The molecular weight excluding hydrogens is 402 g/mol. The first-order chi connectivity index (χ1) is 14.5. The molecule has 4 rings (SSSR count). The number of ketones is 1. The summed E-state index contributed by atoms with van der Waals surface area (Å²) >= 11 is 5.98. The average molecular weight is 428 g/mol. The van der Waals surface area contributed by atoms with E-state index in [9.17, 15) is 9.59 Å². The lowest BCUT2D eigenvalue weighted by Crippen LogP contribution is -2.46. The van der Waals surface area contributed by atoms with Crippen LogP contribution < -0.4 is 10.7 Å². The van der Waals surface area contributed by atoms with Crippen LogP contribution in [0.1, 0.15) is 30.1 Å². The van der Waals surface area contributed by atoms with Crippen LogP contribution in [0.25, 0.3) is 11.1 Å². The maximum atomic E-state index is 12.2. The van der Waals surface area contributed by atoms with Gasteiger partial charge in [0.1, 0.15) is 0 Å². The average Bonchev–Trinajstić information content (AvgIpc) is 3.06. The second-order valence-corrected chi connectivity index (χ2v) is 8.21. The van der Waals surface area contributed by atoms with E-state index in [0.717, 1.165) is 56.1 Å². The van der Waals surface area contributed by atoms with Gasteiger partial charge < -0.3 is 9.32 Å². The highest BCUT2D eigenvalue weighted by atomic mass is 35.5. The summed E-state index contributed by atoms with van der Waals surface area (Å²) in [7, 11) is 0. The van der Waals surface area contributed by atoms with Gasteiger partial charge in [-0.3, -0.25) is 14.3 Å². The molecule has 6 nitrogen and oxygen atoms in total. The molecule has 0 saturated carbocycles. The van der Waals surface area contributed by atoms with Crippen molar-refractivity contribution in [2.75, 3.05) is 37.6 Å². The van der Waals surface area contributed by atoms with Gasteiger partial charge in [-0.15, -0.1) is 0 Å². The lowest BCUT2D eigenvalue weighted by molar-refractivity contribution is 0.101. The van der Waals surface area contributed by atoms with Crippen LogP contribution in [0.15, 0.2) is 51.7 Å². The zero-order valence-electron chi connectivity index (χ0n) is 17.1. The molecule has 1 fully saturated rings. The Morgan fingerprint density at radius 1 is 1.00 bits per heavy atom. The van der Waals surface area contributed by atoms with Crippen molar-refractivity contribution < 1.29 is 9.21 Å². The van der Waals surface area contributed by atoms with Gasteiger partial charge in [-0.25, -0.2) is 4.79 Å². The number of anilines is 1. The SMILES string of the molecule is CC(=O)c1ccc2c(c1)oc(=O)n2CCCCN1CCN(c2ccc(Cl)cc2)CC1. The van der Waals surface area contributed by atoms with Gasteiger partial charge in [-0.2, -0.15) is 0 Å². The molecule has 0 spiro atoms. The summed E-state index contributed by atoms with van der Waals surface area (Å²) in [4.78, 5) is 28.6. The lowest BCUT2D eigenvalue weighted by atomic mass is 10.1. The minimum atomic E-state index is -0.359. The molecule has 0 aliphatic carbocycles. The number of rotatable bonds is 7. The van der Waals surface area contributed by atoms with Crippen molar-refractivity contribution in [3.05, 3.63) is 63.6 Å². The Bertz CT molecular complexity index is 1080. The normalized spacial score (nSPS) is 15.1. The number of hydrogen-bond acceptors (Lipinski definition) is 5. The van der Waals surface area contributed by atoms with Gasteiger partial charge in [-0.1, -0.05) is 11.6 Å². The van der Waals surface area contributed by atoms with Crippen LogP contribution in [0.5, 0.6) is 0 Å². The molecule has 1 saturated heterocycles. The maximum absolute atomic E-state index is 12.2. The highest BCUT2D eigenvalue weighted by Gasteiger charge is 2.17. The smallest absolute Gasteiger partial charge is 0.408 e. The molecule has 0 N–H and O–H groups in total. The number of oxazole rings is 1. The van der Waals surface area contributed by atoms with Crippen LogP contribution in [0.4, 0.5) is 5.69 Å². The second kappa shape index (κ2) is 9.06. The molecule has 0 bridgehead atoms. The second-order valence-electron chi connectivity index (χ2n) is 7.77. The zero-order valence-corrected chi connectivity index (χ0v) is 17.9. The number of aromatic nitrogens is 1. The molecule has 0 atom stereocenters. The largest absolute Gasteiger partial charge is 0.419 e. The standard InChI is InChI=1S/C23H26ClN3O3/c1-17(28)18-4-9-21-22(16-18)30-23(29)27(21)11-3-2-10-25-12-14-26(15-13-25)20-7-5-19(24)6-8-20/h4-9,16H,2-3,10-15H2,1H3. The molecule has 2 heterocycles. The predicted octanol–water partition coefficient (Wildman–Crippen LogP) is 4.05. The minimum Gasteiger partial charge on any atom is -0.408 e. The summed E-state index contributed by atoms with van der Waals surface area (Å²) in [5.41, 5.74) is 3.01. The van der Waals surface area contributed by atoms with E-state index in [1.54, 1.807) is 22.8 Å². The number of fused-ring (bicyclic) bond motifs is 1. The van der Waals surface area contributed by atoms with E-state index < -0.39 is 0 Å². The molecule has 158 valence electrons. The molecule has 1 aliphatic rings. The molecule has 2 aromatic carbocycles. The van der Waals surface area contributed by atoms with Gasteiger partial charge in [0, 0.05) is 49.0 Å². The fourth-order valence-corrected chi connectivity index (χ4v) is 4.11. The van der Waals surface area contributed by atoms with Crippen molar-refractivity contribution in [3.8, 4) is 0 Å². The molecule has 3 aromatic rings. The summed E-state index contributed by atoms with van der Waals surface area (Å²) < 4.78 is 6.99. The maximum Gasteiger partial charge on any atom is 0.419 e. The van der Waals surface area contributed by atoms with Crippen LogP contribution in [-0.4, -0.2) is 48.0 Å². The number of piperazine rings is 1. The van der Waals surface area contributed by atoms with Crippen LogP contribution in [0.2, 0.25) is 5.02 Å².